The molecule has 0 aromatic carbocycles. The minimum absolute atomic E-state index is 0.164. The molecule has 3 nitrogen and oxygen atoms in total. The number of hydrogen-bond acceptors (Lipinski definition) is 4. The van der Waals surface area contributed by atoms with Crippen molar-refractivity contribution in [3.05, 3.63) is 16.1 Å². The molecule has 0 aliphatic carbocycles. The molecule has 0 spiro atoms. The Morgan fingerprint density at radius 2 is 2.42 bits per heavy atom. The summed E-state index contributed by atoms with van der Waals surface area (Å²) in [4.78, 5) is 3.58. The van der Waals surface area contributed by atoms with E-state index in [-0.39, 0.29) is 6.04 Å². The van der Waals surface area contributed by atoms with Gasteiger partial charge < -0.3 is 5.73 Å². The van der Waals surface area contributed by atoms with E-state index < -0.39 is 0 Å². The highest BCUT2D eigenvalue weighted by molar-refractivity contribution is 7.06. The SMILES string of the molecule is Cc1nsc2c1C(N)CN(C)C2. The molecule has 1 aromatic heterocycles. The lowest BCUT2D eigenvalue weighted by atomic mass is 10.0. The molecular weight excluding hydrogens is 170 g/mol. The van der Waals surface area contributed by atoms with Crippen LogP contribution in [0.4, 0.5) is 0 Å². The second-order valence-electron chi connectivity index (χ2n) is 3.41. The first-order valence-corrected chi connectivity index (χ1v) is 4.85. The second-order valence-corrected chi connectivity index (χ2v) is 4.27. The predicted octanol–water partition coefficient (Wildman–Crippen LogP) is 0.897. The molecule has 0 fully saturated rings. The van der Waals surface area contributed by atoms with Gasteiger partial charge in [0, 0.05) is 29.6 Å². The Morgan fingerprint density at radius 1 is 1.67 bits per heavy atom. The zero-order valence-corrected chi connectivity index (χ0v) is 8.19. The fourth-order valence-electron chi connectivity index (χ4n) is 1.75. The number of nitrogens with two attached hydrogens (primary N) is 1. The average Bonchev–Trinajstić information content (AvgIpc) is 2.31. The quantitative estimate of drug-likeness (QED) is 0.649. The van der Waals surface area contributed by atoms with Gasteiger partial charge in [-0.25, -0.2) is 0 Å². The van der Waals surface area contributed by atoms with E-state index in [0.29, 0.717) is 0 Å². The largest absolute Gasteiger partial charge is 0.323 e. The van der Waals surface area contributed by atoms with Crippen molar-refractivity contribution in [2.75, 3.05) is 13.6 Å². The number of hydrogen-bond donors (Lipinski definition) is 1. The van der Waals surface area contributed by atoms with Crippen LogP contribution in [0.2, 0.25) is 0 Å². The molecule has 4 heteroatoms. The molecule has 0 bridgehead atoms. The fourth-order valence-corrected chi connectivity index (χ4v) is 2.77. The number of aromatic nitrogens is 1. The van der Waals surface area contributed by atoms with Gasteiger partial charge in [-0.3, -0.25) is 4.90 Å². The van der Waals surface area contributed by atoms with E-state index in [4.69, 9.17) is 5.73 Å². The number of aryl methyl sites for hydroxylation is 1. The Labute approximate surface area is 76.4 Å². The minimum Gasteiger partial charge on any atom is -0.323 e. The molecule has 1 aliphatic rings. The summed E-state index contributed by atoms with van der Waals surface area (Å²) in [5, 5.41) is 0. The summed E-state index contributed by atoms with van der Waals surface area (Å²) in [6.45, 7) is 4.00. The van der Waals surface area contributed by atoms with Gasteiger partial charge in [0.1, 0.15) is 0 Å². The molecule has 2 heterocycles. The minimum atomic E-state index is 0.164. The van der Waals surface area contributed by atoms with Crippen LogP contribution in [0.25, 0.3) is 0 Å². The topological polar surface area (TPSA) is 42.1 Å². The Bertz CT molecular complexity index is 294. The van der Waals surface area contributed by atoms with Crippen LogP contribution in [0, 0.1) is 6.92 Å². The summed E-state index contributed by atoms with van der Waals surface area (Å²) in [5.74, 6) is 0. The van der Waals surface area contributed by atoms with Crippen molar-refractivity contribution < 1.29 is 0 Å². The summed E-state index contributed by atoms with van der Waals surface area (Å²) in [7, 11) is 2.10. The molecule has 0 saturated heterocycles. The highest BCUT2D eigenvalue weighted by Gasteiger charge is 2.24. The van der Waals surface area contributed by atoms with Gasteiger partial charge in [-0.1, -0.05) is 0 Å². The molecule has 0 saturated carbocycles. The molecule has 1 unspecified atom stereocenters. The third-order valence-electron chi connectivity index (χ3n) is 2.28. The standard InChI is InChI=1S/C8H13N3S/c1-5-8-6(9)3-11(2)4-7(8)12-10-5/h6H,3-4,9H2,1-2H3. The number of fused-ring (bicyclic) bond motifs is 1. The van der Waals surface area contributed by atoms with Crippen LogP contribution in [0.1, 0.15) is 22.2 Å². The fraction of sp³-hybridized carbons (Fsp3) is 0.625. The monoisotopic (exact) mass is 183 g/mol. The third kappa shape index (κ3) is 1.16. The van der Waals surface area contributed by atoms with E-state index in [2.05, 4.69) is 16.3 Å². The lowest BCUT2D eigenvalue weighted by Crippen LogP contribution is -2.33. The summed E-state index contributed by atoms with van der Waals surface area (Å²) in [5.41, 5.74) is 8.42. The molecular formula is C8H13N3S. The first kappa shape index (κ1) is 8.16. The van der Waals surface area contributed by atoms with E-state index in [1.165, 1.54) is 10.4 Å². The second kappa shape index (κ2) is 2.80. The van der Waals surface area contributed by atoms with Crippen molar-refractivity contribution in [3.8, 4) is 0 Å². The molecule has 12 heavy (non-hydrogen) atoms. The molecule has 0 radical (unpaired) electrons. The lowest BCUT2D eigenvalue weighted by Gasteiger charge is -2.27. The van der Waals surface area contributed by atoms with Crippen molar-refractivity contribution >= 4 is 11.5 Å². The van der Waals surface area contributed by atoms with Gasteiger partial charge in [0.05, 0.1) is 5.69 Å². The zero-order valence-electron chi connectivity index (χ0n) is 7.37. The van der Waals surface area contributed by atoms with Crippen LogP contribution in [0.3, 0.4) is 0 Å². The summed E-state index contributed by atoms with van der Waals surface area (Å²) < 4.78 is 4.32. The van der Waals surface area contributed by atoms with Gasteiger partial charge in [0.25, 0.3) is 0 Å². The Balaban J connectivity index is 2.43. The Kier molecular flexibility index (Phi) is 1.90. The van der Waals surface area contributed by atoms with Crippen LogP contribution >= 0.6 is 11.5 Å². The van der Waals surface area contributed by atoms with E-state index in [0.717, 1.165) is 18.8 Å². The molecule has 2 N–H and O–H groups in total. The molecule has 1 aliphatic heterocycles. The highest BCUT2D eigenvalue weighted by Crippen LogP contribution is 2.29. The Morgan fingerprint density at radius 3 is 3.17 bits per heavy atom. The molecule has 2 rings (SSSR count). The van der Waals surface area contributed by atoms with Gasteiger partial charge in [-0.2, -0.15) is 4.37 Å². The van der Waals surface area contributed by atoms with Gasteiger partial charge in [-0.05, 0) is 25.5 Å². The van der Waals surface area contributed by atoms with Crippen molar-refractivity contribution in [1.29, 1.82) is 0 Å². The van der Waals surface area contributed by atoms with Gasteiger partial charge >= 0.3 is 0 Å². The normalized spacial score (nSPS) is 24.1. The van der Waals surface area contributed by atoms with Crippen molar-refractivity contribution in [2.45, 2.75) is 19.5 Å². The zero-order chi connectivity index (χ0) is 8.72. The molecule has 66 valence electrons. The summed E-state index contributed by atoms with van der Waals surface area (Å²) in [6, 6.07) is 0.164. The van der Waals surface area contributed by atoms with Gasteiger partial charge in [0.15, 0.2) is 0 Å². The summed E-state index contributed by atoms with van der Waals surface area (Å²) >= 11 is 1.59. The van der Waals surface area contributed by atoms with E-state index in [1.54, 1.807) is 11.5 Å². The first-order chi connectivity index (χ1) is 5.68. The van der Waals surface area contributed by atoms with Gasteiger partial charge in [0.2, 0.25) is 0 Å². The predicted molar refractivity (Wildman–Crippen MR) is 50.1 cm³/mol. The number of nitrogens with zero attached hydrogens (tertiary/aromatic N) is 2. The van der Waals surface area contributed by atoms with Crippen molar-refractivity contribution in [1.82, 2.24) is 9.27 Å². The van der Waals surface area contributed by atoms with E-state index >= 15 is 0 Å². The third-order valence-corrected chi connectivity index (χ3v) is 3.21. The molecule has 1 aromatic rings. The highest BCUT2D eigenvalue weighted by atomic mass is 32.1. The van der Waals surface area contributed by atoms with Crippen molar-refractivity contribution in [2.24, 2.45) is 5.73 Å². The van der Waals surface area contributed by atoms with Crippen LogP contribution < -0.4 is 5.73 Å². The van der Waals surface area contributed by atoms with Crippen LogP contribution in [-0.4, -0.2) is 22.9 Å². The maximum atomic E-state index is 6.01. The summed E-state index contributed by atoms with van der Waals surface area (Å²) in [6.07, 6.45) is 0. The van der Waals surface area contributed by atoms with Crippen LogP contribution in [-0.2, 0) is 6.54 Å². The van der Waals surface area contributed by atoms with Crippen LogP contribution in [0.15, 0.2) is 0 Å². The van der Waals surface area contributed by atoms with Gasteiger partial charge in [-0.15, -0.1) is 0 Å². The molecule has 0 amide bonds. The maximum absolute atomic E-state index is 6.01. The maximum Gasteiger partial charge on any atom is 0.0562 e. The number of likely N-dealkylation sites (N-methyl/N-ethyl adjacent to an activating group) is 1. The lowest BCUT2D eigenvalue weighted by molar-refractivity contribution is 0.287. The van der Waals surface area contributed by atoms with Crippen LogP contribution in [0.5, 0.6) is 0 Å². The number of rotatable bonds is 0. The average molecular weight is 183 g/mol. The smallest absolute Gasteiger partial charge is 0.0562 e. The Hall–Kier alpha value is -0.450. The van der Waals surface area contributed by atoms with E-state index in [9.17, 15) is 0 Å². The van der Waals surface area contributed by atoms with Crippen molar-refractivity contribution in [3.63, 3.8) is 0 Å². The van der Waals surface area contributed by atoms with E-state index in [1.807, 2.05) is 6.92 Å². The molecule has 1 atom stereocenters. The first-order valence-electron chi connectivity index (χ1n) is 4.07.